The molecule has 0 aliphatic heterocycles. The first-order valence-corrected chi connectivity index (χ1v) is 6.10. The van der Waals surface area contributed by atoms with E-state index in [1.54, 1.807) is 13.1 Å². The van der Waals surface area contributed by atoms with Crippen LogP contribution >= 0.6 is 0 Å². The summed E-state index contributed by atoms with van der Waals surface area (Å²) in [5.41, 5.74) is 7.17. The molecule has 6 nitrogen and oxygen atoms in total. The van der Waals surface area contributed by atoms with Crippen LogP contribution in [0.1, 0.15) is 23.9 Å². The van der Waals surface area contributed by atoms with Crippen molar-refractivity contribution in [3.63, 3.8) is 0 Å². The van der Waals surface area contributed by atoms with Crippen molar-refractivity contribution >= 4 is 0 Å². The van der Waals surface area contributed by atoms with Crippen molar-refractivity contribution < 1.29 is 9.63 Å². The number of nitrogens with two attached hydrogens (primary N) is 1. The van der Waals surface area contributed by atoms with Crippen LogP contribution in [0.4, 0.5) is 0 Å². The van der Waals surface area contributed by atoms with Crippen LogP contribution < -0.4 is 5.73 Å². The monoisotopic (exact) mass is 262 g/mol. The minimum absolute atomic E-state index is 0.131. The number of hydrogen-bond donors (Lipinski definition) is 2. The van der Waals surface area contributed by atoms with Gasteiger partial charge in [0.05, 0.1) is 12.0 Å². The fourth-order valence-electron chi connectivity index (χ4n) is 1.77. The molecule has 1 unspecified atom stereocenters. The Hall–Kier alpha value is -1.79. The van der Waals surface area contributed by atoms with Crippen LogP contribution in [0.5, 0.6) is 0 Å². The van der Waals surface area contributed by atoms with Gasteiger partial charge in [0.25, 0.3) is 0 Å². The van der Waals surface area contributed by atoms with E-state index in [0.29, 0.717) is 17.4 Å². The molecule has 2 aromatic rings. The molecule has 102 valence electrons. The van der Waals surface area contributed by atoms with Gasteiger partial charge in [0.2, 0.25) is 11.7 Å². The summed E-state index contributed by atoms with van der Waals surface area (Å²) in [5.74, 6) is 0.785. The largest absolute Gasteiger partial charge is 0.388 e. The molecule has 0 aromatic carbocycles. The van der Waals surface area contributed by atoms with E-state index in [-0.39, 0.29) is 13.0 Å². The van der Waals surface area contributed by atoms with Crippen LogP contribution in [0, 0.1) is 13.8 Å². The predicted octanol–water partition coefficient (Wildman–Crippen LogP) is 1.00. The normalized spacial score (nSPS) is 14.4. The van der Waals surface area contributed by atoms with Crippen molar-refractivity contribution in [2.45, 2.75) is 32.8 Å². The summed E-state index contributed by atoms with van der Waals surface area (Å²) in [6.45, 7) is 5.68. The summed E-state index contributed by atoms with van der Waals surface area (Å²) >= 11 is 0. The van der Waals surface area contributed by atoms with Gasteiger partial charge in [0, 0.05) is 12.7 Å². The maximum Gasteiger partial charge on any atom is 0.229 e. The standard InChI is InChI=1S/C13H18N4O2/c1-8-4-9(2)11(15-6-8)12-16-10(19-17-12)5-13(3,18)7-14/h4,6,18H,5,7,14H2,1-3H3. The molecule has 2 heterocycles. The Labute approximate surface area is 111 Å². The second-order valence-electron chi connectivity index (χ2n) is 5.07. The van der Waals surface area contributed by atoms with E-state index < -0.39 is 5.60 Å². The molecule has 0 bridgehead atoms. The van der Waals surface area contributed by atoms with Gasteiger partial charge in [-0.05, 0) is 31.9 Å². The lowest BCUT2D eigenvalue weighted by molar-refractivity contribution is 0.0610. The van der Waals surface area contributed by atoms with Crippen LogP contribution in [0.2, 0.25) is 0 Å². The van der Waals surface area contributed by atoms with Crippen molar-refractivity contribution in [3.05, 3.63) is 29.3 Å². The van der Waals surface area contributed by atoms with Crippen molar-refractivity contribution in [1.29, 1.82) is 0 Å². The third-order valence-electron chi connectivity index (χ3n) is 2.87. The Morgan fingerprint density at radius 1 is 1.42 bits per heavy atom. The molecule has 0 spiro atoms. The lowest BCUT2D eigenvalue weighted by Gasteiger charge is -2.17. The van der Waals surface area contributed by atoms with Crippen LogP contribution in [0.25, 0.3) is 11.5 Å². The first kappa shape index (κ1) is 13.6. The predicted molar refractivity (Wildman–Crippen MR) is 70.4 cm³/mol. The number of rotatable bonds is 4. The van der Waals surface area contributed by atoms with Gasteiger partial charge in [-0.25, -0.2) is 0 Å². The van der Waals surface area contributed by atoms with Crippen LogP contribution in [0.3, 0.4) is 0 Å². The summed E-state index contributed by atoms with van der Waals surface area (Å²) in [7, 11) is 0. The van der Waals surface area contributed by atoms with Crippen molar-refractivity contribution in [2.75, 3.05) is 6.54 Å². The van der Waals surface area contributed by atoms with Crippen LogP contribution in [-0.4, -0.2) is 32.4 Å². The summed E-state index contributed by atoms with van der Waals surface area (Å²) in [6, 6.07) is 2.01. The maximum atomic E-state index is 9.88. The van der Waals surface area contributed by atoms with E-state index in [2.05, 4.69) is 15.1 Å². The Kier molecular flexibility index (Phi) is 3.64. The second-order valence-corrected chi connectivity index (χ2v) is 5.07. The number of pyridine rings is 1. The summed E-state index contributed by atoms with van der Waals surface area (Å²) in [5, 5.41) is 13.8. The molecule has 2 aromatic heterocycles. The van der Waals surface area contributed by atoms with E-state index in [1.165, 1.54) is 0 Å². The molecule has 0 aliphatic rings. The van der Waals surface area contributed by atoms with Gasteiger partial charge in [0.15, 0.2) is 0 Å². The fourth-order valence-corrected chi connectivity index (χ4v) is 1.77. The highest BCUT2D eigenvalue weighted by Crippen LogP contribution is 2.19. The molecule has 0 saturated carbocycles. The van der Waals surface area contributed by atoms with E-state index in [0.717, 1.165) is 11.1 Å². The van der Waals surface area contributed by atoms with Gasteiger partial charge in [-0.3, -0.25) is 4.98 Å². The molecule has 0 radical (unpaired) electrons. The fraction of sp³-hybridized carbons (Fsp3) is 0.462. The lowest BCUT2D eigenvalue weighted by atomic mass is 10.0. The molecule has 0 amide bonds. The van der Waals surface area contributed by atoms with Gasteiger partial charge >= 0.3 is 0 Å². The van der Waals surface area contributed by atoms with Gasteiger partial charge in [0.1, 0.15) is 5.69 Å². The zero-order valence-electron chi connectivity index (χ0n) is 11.3. The topological polar surface area (TPSA) is 98.1 Å². The number of hydrogen-bond acceptors (Lipinski definition) is 6. The Balaban J connectivity index is 2.26. The second kappa shape index (κ2) is 5.07. The highest BCUT2D eigenvalue weighted by Gasteiger charge is 2.23. The molecule has 1 atom stereocenters. The molecular weight excluding hydrogens is 244 g/mol. The smallest absolute Gasteiger partial charge is 0.229 e. The van der Waals surface area contributed by atoms with E-state index in [1.807, 2.05) is 19.9 Å². The highest BCUT2D eigenvalue weighted by molar-refractivity contribution is 5.53. The summed E-state index contributed by atoms with van der Waals surface area (Å²) in [6.07, 6.45) is 1.98. The van der Waals surface area contributed by atoms with E-state index >= 15 is 0 Å². The van der Waals surface area contributed by atoms with Gasteiger partial charge in [-0.1, -0.05) is 11.2 Å². The molecule has 6 heteroatoms. The van der Waals surface area contributed by atoms with Crippen molar-refractivity contribution in [1.82, 2.24) is 15.1 Å². The Bertz CT molecular complexity index is 578. The average Bonchev–Trinajstić information content (AvgIpc) is 2.76. The van der Waals surface area contributed by atoms with Crippen molar-refractivity contribution in [2.24, 2.45) is 5.73 Å². The minimum Gasteiger partial charge on any atom is -0.388 e. The van der Waals surface area contributed by atoms with Crippen molar-refractivity contribution in [3.8, 4) is 11.5 Å². The third-order valence-corrected chi connectivity index (χ3v) is 2.87. The quantitative estimate of drug-likeness (QED) is 0.853. The number of aromatic nitrogens is 3. The van der Waals surface area contributed by atoms with Gasteiger partial charge in [-0.15, -0.1) is 0 Å². The zero-order valence-corrected chi connectivity index (χ0v) is 11.3. The molecule has 3 N–H and O–H groups in total. The highest BCUT2D eigenvalue weighted by atomic mass is 16.5. The number of nitrogens with zero attached hydrogens (tertiary/aromatic N) is 3. The Morgan fingerprint density at radius 2 is 2.16 bits per heavy atom. The first-order valence-electron chi connectivity index (χ1n) is 6.10. The number of aryl methyl sites for hydroxylation is 2. The Morgan fingerprint density at radius 3 is 2.79 bits per heavy atom. The minimum atomic E-state index is -1.04. The van der Waals surface area contributed by atoms with Crippen LogP contribution in [-0.2, 0) is 6.42 Å². The molecule has 0 aliphatic carbocycles. The first-order chi connectivity index (χ1) is 8.91. The summed E-state index contributed by atoms with van der Waals surface area (Å²) < 4.78 is 5.13. The zero-order chi connectivity index (χ0) is 14.0. The number of aliphatic hydroxyl groups is 1. The maximum absolute atomic E-state index is 9.88. The third kappa shape index (κ3) is 3.15. The summed E-state index contributed by atoms with van der Waals surface area (Å²) in [4.78, 5) is 8.55. The van der Waals surface area contributed by atoms with Gasteiger partial charge < -0.3 is 15.4 Å². The van der Waals surface area contributed by atoms with E-state index in [4.69, 9.17) is 10.3 Å². The average molecular weight is 262 g/mol. The van der Waals surface area contributed by atoms with Gasteiger partial charge in [-0.2, -0.15) is 4.98 Å². The molecule has 19 heavy (non-hydrogen) atoms. The molecule has 0 fully saturated rings. The molecule has 2 rings (SSSR count). The van der Waals surface area contributed by atoms with Crippen LogP contribution in [0.15, 0.2) is 16.8 Å². The molecular formula is C13H18N4O2. The molecule has 0 saturated heterocycles. The lowest BCUT2D eigenvalue weighted by Crippen LogP contribution is -2.36. The SMILES string of the molecule is Cc1cnc(-c2noc(CC(C)(O)CN)n2)c(C)c1. The van der Waals surface area contributed by atoms with E-state index in [9.17, 15) is 5.11 Å².